The van der Waals surface area contributed by atoms with Gasteiger partial charge in [0.15, 0.2) is 0 Å². The number of amides is 2. The largest absolute Gasteiger partial charge is 0.494 e. The summed E-state index contributed by atoms with van der Waals surface area (Å²) in [6.45, 7) is 7.27. The molecule has 1 aliphatic rings. The number of rotatable bonds is 4. The summed E-state index contributed by atoms with van der Waals surface area (Å²) in [6.07, 6.45) is 0. The van der Waals surface area contributed by atoms with Crippen LogP contribution in [0.2, 0.25) is 0 Å². The van der Waals surface area contributed by atoms with Crippen LogP contribution in [0.1, 0.15) is 29.8 Å². The van der Waals surface area contributed by atoms with Crippen LogP contribution in [0, 0.1) is 6.92 Å². The Hall–Kier alpha value is -2.82. The number of benzene rings is 2. The minimum Gasteiger partial charge on any atom is -0.494 e. The van der Waals surface area contributed by atoms with Crippen LogP contribution in [0.15, 0.2) is 48.5 Å². The van der Waals surface area contributed by atoms with Crippen molar-refractivity contribution in [2.24, 2.45) is 0 Å². The summed E-state index contributed by atoms with van der Waals surface area (Å²) in [6, 6.07) is 14.5. The monoisotopic (exact) mass is 352 g/mol. The smallest absolute Gasteiger partial charge is 0.254 e. The first-order valence-corrected chi connectivity index (χ1v) is 8.93. The van der Waals surface area contributed by atoms with Crippen molar-refractivity contribution in [3.8, 4) is 5.75 Å². The van der Waals surface area contributed by atoms with Crippen LogP contribution >= 0.6 is 0 Å². The quantitative estimate of drug-likeness (QED) is 0.848. The van der Waals surface area contributed by atoms with Crippen molar-refractivity contribution in [1.82, 2.24) is 4.90 Å². The number of nitrogens with zero attached hydrogens (tertiary/aromatic N) is 2. The SMILES string of the molecule is CCOc1ccc(N2CCN(C(=O)c3cccc(C)c3)[C@H](C)C2=O)cc1. The molecule has 26 heavy (non-hydrogen) atoms. The molecule has 1 fully saturated rings. The van der Waals surface area contributed by atoms with Gasteiger partial charge in [0.05, 0.1) is 6.61 Å². The second kappa shape index (κ2) is 7.60. The second-order valence-electron chi connectivity index (χ2n) is 6.46. The molecule has 1 saturated heterocycles. The highest BCUT2D eigenvalue weighted by Crippen LogP contribution is 2.24. The Balaban J connectivity index is 1.75. The molecule has 0 spiro atoms. The maximum atomic E-state index is 12.9. The molecule has 0 aliphatic carbocycles. The van der Waals surface area contributed by atoms with Gasteiger partial charge < -0.3 is 14.5 Å². The van der Waals surface area contributed by atoms with Crippen LogP contribution in [0.4, 0.5) is 5.69 Å². The number of hydrogen-bond acceptors (Lipinski definition) is 3. The number of carbonyl (C=O) groups is 2. The van der Waals surface area contributed by atoms with Gasteiger partial charge in [-0.2, -0.15) is 0 Å². The number of anilines is 1. The molecule has 0 unspecified atom stereocenters. The zero-order chi connectivity index (χ0) is 18.7. The Bertz CT molecular complexity index is 801. The number of ether oxygens (including phenoxy) is 1. The first kappa shape index (κ1) is 18.0. The molecule has 0 aromatic heterocycles. The van der Waals surface area contributed by atoms with Gasteiger partial charge in [0, 0.05) is 24.3 Å². The molecule has 1 heterocycles. The van der Waals surface area contributed by atoms with Crippen LogP contribution in [-0.2, 0) is 4.79 Å². The number of carbonyl (C=O) groups excluding carboxylic acids is 2. The van der Waals surface area contributed by atoms with E-state index in [0.29, 0.717) is 25.3 Å². The first-order chi connectivity index (χ1) is 12.5. The fraction of sp³-hybridized carbons (Fsp3) is 0.333. The van der Waals surface area contributed by atoms with Crippen LogP contribution in [0.25, 0.3) is 0 Å². The highest BCUT2D eigenvalue weighted by molar-refractivity contribution is 6.03. The lowest BCUT2D eigenvalue weighted by atomic mass is 10.1. The maximum Gasteiger partial charge on any atom is 0.254 e. The van der Waals surface area contributed by atoms with Crippen LogP contribution in [-0.4, -0.2) is 42.5 Å². The summed E-state index contributed by atoms with van der Waals surface area (Å²) in [5.41, 5.74) is 2.48. The maximum absolute atomic E-state index is 12.9. The predicted molar refractivity (Wildman–Crippen MR) is 102 cm³/mol. The van der Waals surface area contributed by atoms with E-state index in [9.17, 15) is 9.59 Å². The lowest BCUT2D eigenvalue weighted by Crippen LogP contribution is -2.57. The van der Waals surface area contributed by atoms with Crippen LogP contribution in [0.5, 0.6) is 5.75 Å². The third kappa shape index (κ3) is 3.57. The van der Waals surface area contributed by atoms with Crippen molar-refractivity contribution in [3.63, 3.8) is 0 Å². The van der Waals surface area contributed by atoms with Gasteiger partial charge in [-0.15, -0.1) is 0 Å². The molecule has 2 aromatic rings. The molecular weight excluding hydrogens is 328 g/mol. The number of hydrogen-bond donors (Lipinski definition) is 0. The summed E-state index contributed by atoms with van der Waals surface area (Å²) in [4.78, 5) is 29.0. The third-order valence-electron chi connectivity index (χ3n) is 4.64. The molecule has 0 bridgehead atoms. The molecule has 0 radical (unpaired) electrons. The molecule has 136 valence electrons. The third-order valence-corrected chi connectivity index (χ3v) is 4.64. The average Bonchev–Trinajstić information content (AvgIpc) is 2.64. The van der Waals surface area contributed by atoms with Gasteiger partial charge in [-0.1, -0.05) is 17.7 Å². The molecule has 0 saturated carbocycles. The van der Waals surface area contributed by atoms with E-state index in [1.807, 2.05) is 56.3 Å². The van der Waals surface area contributed by atoms with E-state index in [0.717, 1.165) is 17.0 Å². The fourth-order valence-corrected chi connectivity index (χ4v) is 3.24. The molecule has 1 aliphatic heterocycles. The first-order valence-electron chi connectivity index (χ1n) is 8.93. The van der Waals surface area contributed by atoms with Crippen molar-refractivity contribution >= 4 is 17.5 Å². The van der Waals surface area contributed by atoms with E-state index in [4.69, 9.17) is 4.74 Å². The molecule has 5 nitrogen and oxygen atoms in total. The standard InChI is InChI=1S/C21H24N2O3/c1-4-26-19-10-8-18(9-11-19)23-13-12-22(16(3)20(23)24)21(25)17-7-5-6-15(2)14-17/h5-11,14,16H,4,12-13H2,1-3H3/t16-/m1/s1. The van der Waals surface area contributed by atoms with E-state index in [-0.39, 0.29) is 11.8 Å². The Kier molecular flexibility index (Phi) is 5.26. The van der Waals surface area contributed by atoms with Gasteiger partial charge in [0.25, 0.3) is 5.91 Å². The van der Waals surface area contributed by atoms with Crippen molar-refractivity contribution in [2.45, 2.75) is 26.8 Å². The Morgan fingerprint density at radius 3 is 2.54 bits per heavy atom. The summed E-state index contributed by atoms with van der Waals surface area (Å²) in [5, 5.41) is 0. The molecule has 1 atom stereocenters. The van der Waals surface area contributed by atoms with E-state index < -0.39 is 6.04 Å². The van der Waals surface area contributed by atoms with Crippen molar-refractivity contribution < 1.29 is 14.3 Å². The van der Waals surface area contributed by atoms with E-state index >= 15 is 0 Å². The van der Waals surface area contributed by atoms with Crippen molar-refractivity contribution in [3.05, 3.63) is 59.7 Å². The zero-order valence-corrected chi connectivity index (χ0v) is 15.4. The molecular formula is C21H24N2O3. The molecule has 2 amide bonds. The average molecular weight is 352 g/mol. The predicted octanol–water partition coefficient (Wildman–Crippen LogP) is 3.27. The van der Waals surface area contributed by atoms with Gasteiger partial charge in [0.1, 0.15) is 11.8 Å². The molecule has 5 heteroatoms. The Morgan fingerprint density at radius 2 is 1.88 bits per heavy atom. The highest BCUT2D eigenvalue weighted by Gasteiger charge is 2.35. The number of piperazine rings is 1. The zero-order valence-electron chi connectivity index (χ0n) is 15.4. The highest BCUT2D eigenvalue weighted by atomic mass is 16.5. The molecule has 2 aromatic carbocycles. The molecule has 3 rings (SSSR count). The van der Waals surface area contributed by atoms with Gasteiger partial charge in [-0.05, 0) is 57.2 Å². The summed E-state index contributed by atoms with van der Waals surface area (Å²) < 4.78 is 5.45. The summed E-state index contributed by atoms with van der Waals surface area (Å²) in [7, 11) is 0. The molecule has 0 N–H and O–H groups in total. The van der Waals surface area contributed by atoms with Crippen LogP contribution < -0.4 is 9.64 Å². The van der Waals surface area contributed by atoms with Gasteiger partial charge in [-0.3, -0.25) is 9.59 Å². The topological polar surface area (TPSA) is 49.9 Å². The van der Waals surface area contributed by atoms with Crippen molar-refractivity contribution in [1.29, 1.82) is 0 Å². The van der Waals surface area contributed by atoms with Gasteiger partial charge in [-0.25, -0.2) is 0 Å². The Labute approximate surface area is 154 Å². The lowest BCUT2D eigenvalue weighted by Gasteiger charge is -2.39. The minimum atomic E-state index is -0.497. The fourth-order valence-electron chi connectivity index (χ4n) is 3.24. The van der Waals surface area contributed by atoms with Gasteiger partial charge >= 0.3 is 0 Å². The van der Waals surface area contributed by atoms with Gasteiger partial charge in [0.2, 0.25) is 5.91 Å². The Morgan fingerprint density at radius 1 is 1.15 bits per heavy atom. The number of aryl methyl sites for hydroxylation is 1. The second-order valence-corrected chi connectivity index (χ2v) is 6.46. The minimum absolute atomic E-state index is 0.0681. The summed E-state index contributed by atoms with van der Waals surface area (Å²) in [5.74, 6) is 0.618. The normalized spacial score (nSPS) is 17.3. The van der Waals surface area contributed by atoms with E-state index in [2.05, 4.69) is 0 Å². The van der Waals surface area contributed by atoms with Crippen LogP contribution in [0.3, 0.4) is 0 Å². The van der Waals surface area contributed by atoms with E-state index in [1.54, 1.807) is 22.8 Å². The summed E-state index contributed by atoms with van der Waals surface area (Å²) >= 11 is 0. The lowest BCUT2D eigenvalue weighted by molar-refractivity contribution is -0.124. The van der Waals surface area contributed by atoms with Crippen molar-refractivity contribution in [2.75, 3.05) is 24.6 Å². The van der Waals surface area contributed by atoms with E-state index in [1.165, 1.54) is 0 Å².